The van der Waals surface area contributed by atoms with Crippen molar-refractivity contribution in [1.29, 1.82) is 0 Å². The fourth-order valence-electron chi connectivity index (χ4n) is 2.44. The predicted octanol–water partition coefficient (Wildman–Crippen LogP) is 4.79. The second kappa shape index (κ2) is 7.41. The monoisotopic (exact) mass is 367 g/mol. The van der Waals surface area contributed by atoms with E-state index >= 15 is 0 Å². The molecule has 5 nitrogen and oxygen atoms in total. The van der Waals surface area contributed by atoms with Crippen molar-refractivity contribution in [3.8, 4) is 11.5 Å². The fraction of sp³-hybridized carbons (Fsp3) is 0.300. The number of hydrogen-bond acceptors (Lipinski definition) is 6. The van der Waals surface area contributed by atoms with Crippen LogP contribution in [0, 0.1) is 0 Å². The lowest BCUT2D eigenvalue weighted by Gasteiger charge is -2.19. The molecule has 3 rings (SSSR count). The maximum Gasteiger partial charge on any atom is 0.277 e. The Balaban J connectivity index is 1.69. The first-order valence-electron chi connectivity index (χ1n) is 8.40. The molecule has 0 unspecified atom stereocenters. The van der Waals surface area contributed by atoms with Crippen molar-refractivity contribution in [2.24, 2.45) is 0 Å². The van der Waals surface area contributed by atoms with Gasteiger partial charge in [0.05, 0.1) is 5.25 Å². The van der Waals surface area contributed by atoms with Crippen molar-refractivity contribution in [3.05, 3.63) is 59.9 Å². The molecule has 1 atom stereocenters. The van der Waals surface area contributed by atoms with Crippen molar-refractivity contribution in [2.45, 2.75) is 43.6 Å². The molecule has 26 heavy (non-hydrogen) atoms. The van der Waals surface area contributed by atoms with Crippen LogP contribution in [0.2, 0.25) is 0 Å². The van der Waals surface area contributed by atoms with E-state index in [-0.39, 0.29) is 16.4 Å². The minimum absolute atomic E-state index is 0.0409. The molecule has 0 N–H and O–H groups in total. The van der Waals surface area contributed by atoms with Gasteiger partial charge in [-0.05, 0) is 30.0 Å². The third-order valence-electron chi connectivity index (χ3n) is 4.02. The molecule has 134 valence electrons. The molecule has 6 heteroatoms. The summed E-state index contributed by atoms with van der Waals surface area (Å²) in [5.41, 5.74) is 2.76. The van der Waals surface area contributed by atoms with Gasteiger partial charge < -0.3 is 4.42 Å². The first kappa shape index (κ1) is 18.3. The molecule has 2 aromatic heterocycles. The van der Waals surface area contributed by atoms with Gasteiger partial charge >= 0.3 is 0 Å². The van der Waals surface area contributed by atoms with E-state index in [0.717, 1.165) is 5.56 Å². The first-order valence-corrected chi connectivity index (χ1v) is 9.28. The van der Waals surface area contributed by atoms with Crippen molar-refractivity contribution in [2.75, 3.05) is 0 Å². The molecule has 0 aliphatic rings. The van der Waals surface area contributed by atoms with Crippen LogP contribution < -0.4 is 0 Å². The highest BCUT2D eigenvalue weighted by molar-refractivity contribution is 8.00. The molecule has 0 spiro atoms. The highest BCUT2D eigenvalue weighted by atomic mass is 32.2. The number of carbonyl (C=O) groups is 1. The van der Waals surface area contributed by atoms with Gasteiger partial charge in [0.15, 0.2) is 5.78 Å². The Morgan fingerprint density at radius 3 is 2.31 bits per heavy atom. The third kappa shape index (κ3) is 4.19. The molecule has 0 saturated heterocycles. The van der Waals surface area contributed by atoms with Crippen LogP contribution in [0.1, 0.15) is 43.6 Å². The van der Waals surface area contributed by atoms with Gasteiger partial charge in [-0.1, -0.05) is 56.8 Å². The number of thioether (sulfide) groups is 1. The summed E-state index contributed by atoms with van der Waals surface area (Å²) in [5, 5.41) is 8.12. The van der Waals surface area contributed by atoms with Crippen LogP contribution in [0.5, 0.6) is 0 Å². The van der Waals surface area contributed by atoms with Gasteiger partial charge in [0.25, 0.3) is 5.22 Å². The Morgan fingerprint density at radius 1 is 1.04 bits per heavy atom. The van der Waals surface area contributed by atoms with Crippen molar-refractivity contribution >= 4 is 17.5 Å². The summed E-state index contributed by atoms with van der Waals surface area (Å²) in [6.07, 6.45) is 3.33. The lowest BCUT2D eigenvalue weighted by molar-refractivity contribution is 0.0993. The average Bonchev–Trinajstić information content (AvgIpc) is 3.09. The second-order valence-electron chi connectivity index (χ2n) is 7.06. The summed E-state index contributed by atoms with van der Waals surface area (Å²) in [5.74, 6) is 0.461. The van der Waals surface area contributed by atoms with Gasteiger partial charge in [0, 0.05) is 23.5 Å². The largest absolute Gasteiger partial charge is 0.411 e. The standard InChI is InChI=1S/C20H21N3O2S/c1-13(17(24)14-5-7-16(8-6-14)20(2,3)4)26-19-23-22-18(25-19)15-9-11-21-12-10-15/h5-13H,1-4H3/t13-/m0/s1. The summed E-state index contributed by atoms with van der Waals surface area (Å²) in [6.45, 7) is 8.30. The quantitative estimate of drug-likeness (QED) is 0.477. The SMILES string of the molecule is C[C@H](Sc1nnc(-c2ccncc2)o1)C(=O)c1ccc(C(C)(C)C)cc1. The van der Waals surface area contributed by atoms with E-state index < -0.39 is 0 Å². The van der Waals surface area contributed by atoms with Gasteiger partial charge in [0.2, 0.25) is 5.89 Å². The number of pyridine rings is 1. The number of ketones is 1. The Kier molecular flexibility index (Phi) is 5.23. The number of rotatable bonds is 5. The zero-order valence-electron chi connectivity index (χ0n) is 15.3. The second-order valence-corrected chi connectivity index (χ2v) is 8.35. The summed E-state index contributed by atoms with van der Waals surface area (Å²) in [7, 11) is 0. The molecule has 0 aliphatic heterocycles. The van der Waals surface area contributed by atoms with Crippen LogP contribution in [0.4, 0.5) is 0 Å². The summed E-state index contributed by atoms with van der Waals surface area (Å²) >= 11 is 1.27. The fourth-order valence-corrected chi connectivity index (χ4v) is 3.20. The molecular formula is C20H21N3O2S. The summed E-state index contributed by atoms with van der Waals surface area (Å²) < 4.78 is 5.65. The van der Waals surface area contributed by atoms with Crippen LogP contribution in [0.15, 0.2) is 58.4 Å². The molecule has 2 heterocycles. The minimum Gasteiger partial charge on any atom is -0.411 e. The van der Waals surface area contributed by atoms with Gasteiger partial charge in [-0.15, -0.1) is 10.2 Å². The number of hydrogen-bond donors (Lipinski definition) is 0. The molecule has 0 bridgehead atoms. The smallest absolute Gasteiger partial charge is 0.277 e. The van der Waals surface area contributed by atoms with Crippen molar-refractivity contribution in [3.63, 3.8) is 0 Å². The van der Waals surface area contributed by atoms with Gasteiger partial charge in [-0.2, -0.15) is 0 Å². The molecule has 0 amide bonds. The van der Waals surface area contributed by atoms with Crippen molar-refractivity contribution in [1.82, 2.24) is 15.2 Å². The molecule has 0 saturated carbocycles. The van der Waals surface area contributed by atoms with E-state index in [0.29, 0.717) is 16.7 Å². The topological polar surface area (TPSA) is 68.9 Å². The zero-order chi connectivity index (χ0) is 18.7. The van der Waals surface area contributed by atoms with E-state index in [1.807, 2.05) is 31.2 Å². The number of carbonyl (C=O) groups excluding carboxylic acids is 1. The van der Waals surface area contributed by atoms with Gasteiger partial charge in [-0.25, -0.2) is 0 Å². The Morgan fingerprint density at radius 2 is 1.69 bits per heavy atom. The van der Waals surface area contributed by atoms with Gasteiger partial charge in [-0.3, -0.25) is 9.78 Å². The molecule has 0 radical (unpaired) electrons. The number of benzene rings is 1. The predicted molar refractivity (Wildman–Crippen MR) is 102 cm³/mol. The number of aromatic nitrogens is 3. The molecule has 3 aromatic rings. The molecular weight excluding hydrogens is 346 g/mol. The zero-order valence-corrected chi connectivity index (χ0v) is 16.1. The lowest BCUT2D eigenvalue weighted by Crippen LogP contribution is -2.15. The van der Waals surface area contributed by atoms with E-state index in [9.17, 15) is 4.79 Å². The maximum atomic E-state index is 12.7. The van der Waals surface area contributed by atoms with Crippen LogP contribution in [0.25, 0.3) is 11.5 Å². The Bertz CT molecular complexity index is 883. The normalized spacial score (nSPS) is 12.8. The van der Waals surface area contributed by atoms with Crippen LogP contribution >= 0.6 is 11.8 Å². The summed E-state index contributed by atoms with van der Waals surface area (Å²) in [4.78, 5) is 16.6. The van der Waals surface area contributed by atoms with Gasteiger partial charge in [0.1, 0.15) is 0 Å². The van der Waals surface area contributed by atoms with Crippen LogP contribution in [-0.2, 0) is 5.41 Å². The molecule has 1 aromatic carbocycles. The van der Waals surface area contributed by atoms with E-state index in [1.54, 1.807) is 24.5 Å². The number of nitrogens with zero attached hydrogens (tertiary/aromatic N) is 3. The summed E-state index contributed by atoms with van der Waals surface area (Å²) in [6, 6.07) is 11.4. The number of Topliss-reactive ketones (excluding diaryl/α,β-unsaturated/α-hetero) is 1. The van der Waals surface area contributed by atoms with Crippen LogP contribution in [0.3, 0.4) is 0 Å². The third-order valence-corrected chi connectivity index (χ3v) is 4.95. The minimum atomic E-state index is -0.318. The molecule has 0 aliphatic carbocycles. The highest BCUT2D eigenvalue weighted by Crippen LogP contribution is 2.28. The van der Waals surface area contributed by atoms with E-state index in [2.05, 4.69) is 36.0 Å². The van der Waals surface area contributed by atoms with E-state index in [4.69, 9.17) is 4.42 Å². The van der Waals surface area contributed by atoms with Crippen LogP contribution in [-0.4, -0.2) is 26.2 Å². The lowest BCUT2D eigenvalue weighted by atomic mass is 9.86. The highest BCUT2D eigenvalue weighted by Gasteiger charge is 2.21. The van der Waals surface area contributed by atoms with E-state index in [1.165, 1.54) is 17.3 Å². The Labute approximate surface area is 157 Å². The van der Waals surface area contributed by atoms with Crippen molar-refractivity contribution < 1.29 is 9.21 Å². The maximum absolute atomic E-state index is 12.7. The first-order chi connectivity index (χ1) is 12.3. The Hall–Kier alpha value is -2.47. The average molecular weight is 367 g/mol. The molecule has 0 fully saturated rings.